The molecule has 0 aliphatic heterocycles. The molecule has 0 aromatic heterocycles. The van der Waals surface area contributed by atoms with Crippen LogP contribution in [0.25, 0.3) is 0 Å². The minimum absolute atomic E-state index is 0.645. The second-order valence-electron chi connectivity index (χ2n) is 5.32. The van der Waals surface area contributed by atoms with Crippen molar-refractivity contribution >= 4 is 0 Å². The van der Waals surface area contributed by atoms with Gasteiger partial charge in [-0.2, -0.15) is 0 Å². The van der Waals surface area contributed by atoms with Crippen LogP contribution in [0.3, 0.4) is 0 Å². The number of rotatable bonds is 4. The zero-order chi connectivity index (χ0) is 11.1. The van der Waals surface area contributed by atoms with E-state index in [1.54, 1.807) is 0 Å². The van der Waals surface area contributed by atoms with E-state index in [1.807, 2.05) is 14.2 Å². The molecule has 4 aliphatic rings. The highest BCUT2D eigenvalue weighted by Crippen LogP contribution is 2.55. The summed E-state index contributed by atoms with van der Waals surface area (Å²) < 4.78 is 10.8. The summed E-state index contributed by atoms with van der Waals surface area (Å²) in [5.41, 5.74) is 0. The maximum atomic E-state index is 5.40. The molecule has 0 aromatic carbocycles. The van der Waals surface area contributed by atoms with Gasteiger partial charge in [-0.05, 0) is 35.5 Å². The number of fused-ring (bicyclic) bond motifs is 1. The van der Waals surface area contributed by atoms with Crippen molar-refractivity contribution in [2.75, 3.05) is 27.4 Å². The Hall–Kier alpha value is -0.600. The first-order valence-electron chi connectivity index (χ1n) is 6.21. The predicted octanol–water partition coefficient (Wildman–Crippen LogP) is 2.13. The fourth-order valence-corrected chi connectivity index (χ4v) is 3.93. The van der Waals surface area contributed by atoms with E-state index in [0.29, 0.717) is 23.7 Å². The van der Waals surface area contributed by atoms with Crippen LogP contribution in [-0.2, 0) is 9.47 Å². The van der Waals surface area contributed by atoms with Crippen molar-refractivity contribution in [2.45, 2.75) is 0 Å². The topological polar surface area (TPSA) is 18.5 Å². The maximum Gasteiger partial charge on any atom is 0.0500 e. The Morgan fingerprint density at radius 2 is 1.06 bits per heavy atom. The largest absolute Gasteiger partial charge is 0.384 e. The van der Waals surface area contributed by atoms with E-state index < -0.39 is 0 Å². The molecule has 4 aliphatic carbocycles. The summed E-state index contributed by atoms with van der Waals surface area (Å²) in [5.74, 6) is 4.21. The summed E-state index contributed by atoms with van der Waals surface area (Å²) in [5, 5.41) is 0. The van der Waals surface area contributed by atoms with Gasteiger partial charge in [0, 0.05) is 27.4 Å². The van der Waals surface area contributed by atoms with Gasteiger partial charge in [0.05, 0.1) is 0 Å². The fourth-order valence-electron chi connectivity index (χ4n) is 3.93. The number of hydrogen-bond acceptors (Lipinski definition) is 2. The molecule has 2 nitrogen and oxygen atoms in total. The molecule has 0 heterocycles. The first-order valence-corrected chi connectivity index (χ1v) is 6.21. The third-order valence-corrected chi connectivity index (χ3v) is 4.70. The van der Waals surface area contributed by atoms with Gasteiger partial charge < -0.3 is 9.47 Å². The first kappa shape index (κ1) is 10.5. The highest BCUT2D eigenvalue weighted by molar-refractivity contribution is 5.27. The molecular formula is C14H20O2. The lowest BCUT2D eigenvalue weighted by molar-refractivity contribution is -0.0419. The van der Waals surface area contributed by atoms with E-state index in [9.17, 15) is 0 Å². The summed E-state index contributed by atoms with van der Waals surface area (Å²) in [6.45, 7) is 1.74. The van der Waals surface area contributed by atoms with Crippen LogP contribution in [0, 0.1) is 35.5 Å². The lowest BCUT2D eigenvalue weighted by atomic mass is 9.50. The van der Waals surface area contributed by atoms with Crippen LogP contribution in [-0.4, -0.2) is 27.4 Å². The van der Waals surface area contributed by atoms with Crippen LogP contribution in [0.1, 0.15) is 0 Å². The summed E-state index contributed by atoms with van der Waals surface area (Å²) in [4.78, 5) is 0. The number of ether oxygens (including phenoxy) is 2. The Morgan fingerprint density at radius 1 is 0.688 bits per heavy atom. The molecule has 6 atom stereocenters. The fraction of sp³-hybridized carbons (Fsp3) is 0.714. The van der Waals surface area contributed by atoms with E-state index in [1.165, 1.54) is 0 Å². The van der Waals surface area contributed by atoms with Crippen molar-refractivity contribution in [3.8, 4) is 0 Å². The van der Waals surface area contributed by atoms with Gasteiger partial charge in [0.15, 0.2) is 0 Å². The van der Waals surface area contributed by atoms with Gasteiger partial charge in [0.25, 0.3) is 0 Å². The van der Waals surface area contributed by atoms with Gasteiger partial charge in [-0.25, -0.2) is 0 Å². The van der Waals surface area contributed by atoms with Gasteiger partial charge >= 0.3 is 0 Å². The normalized spacial score (nSPS) is 47.9. The molecule has 1 saturated carbocycles. The average molecular weight is 220 g/mol. The second kappa shape index (κ2) is 4.01. The Kier molecular flexibility index (Phi) is 2.64. The molecule has 0 N–H and O–H groups in total. The van der Waals surface area contributed by atoms with Gasteiger partial charge in [-0.15, -0.1) is 0 Å². The number of allylic oxidation sites excluding steroid dienone is 4. The van der Waals surface area contributed by atoms with E-state index in [-0.39, 0.29) is 0 Å². The molecule has 0 radical (unpaired) electrons. The van der Waals surface area contributed by atoms with Crippen LogP contribution >= 0.6 is 0 Å². The molecule has 4 rings (SSSR count). The zero-order valence-corrected chi connectivity index (χ0v) is 10.0. The highest BCUT2D eigenvalue weighted by Gasteiger charge is 2.52. The van der Waals surface area contributed by atoms with Crippen LogP contribution in [0.4, 0.5) is 0 Å². The Balaban J connectivity index is 1.86. The molecule has 88 valence electrons. The molecule has 16 heavy (non-hydrogen) atoms. The molecule has 0 amide bonds. The lowest BCUT2D eigenvalue weighted by Crippen LogP contribution is -2.52. The zero-order valence-electron chi connectivity index (χ0n) is 10.0. The van der Waals surface area contributed by atoms with Crippen molar-refractivity contribution in [2.24, 2.45) is 35.5 Å². The van der Waals surface area contributed by atoms with Crippen LogP contribution in [0.2, 0.25) is 0 Å². The predicted molar refractivity (Wildman–Crippen MR) is 63.0 cm³/mol. The summed E-state index contributed by atoms with van der Waals surface area (Å²) in [6.07, 6.45) is 9.62. The summed E-state index contributed by atoms with van der Waals surface area (Å²) in [6, 6.07) is 0. The van der Waals surface area contributed by atoms with Crippen molar-refractivity contribution in [3.05, 3.63) is 24.3 Å². The Labute approximate surface area is 97.3 Å². The van der Waals surface area contributed by atoms with E-state index >= 15 is 0 Å². The molecule has 6 unspecified atom stereocenters. The van der Waals surface area contributed by atoms with Crippen molar-refractivity contribution < 1.29 is 9.47 Å². The number of methoxy groups -OCH3 is 2. The molecule has 2 heteroatoms. The second-order valence-corrected chi connectivity index (χ2v) is 5.32. The first-order chi connectivity index (χ1) is 7.86. The minimum Gasteiger partial charge on any atom is -0.384 e. The Morgan fingerprint density at radius 3 is 1.38 bits per heavy atom. The lowest BCUT2D eigenvalue weighted by Gasteiger charge is -2.55. The third kappa shape index (κ3) is 1.33. The smallest absolute Gasteiger partial charge is 0.0500 e. The highest BCUT2D eigenvalue weighted by atomic mass is 16.5. The molecular weight excluding hydrogens is 200 g/mol. The van der Waals surface area contributed by atoms with Gasteiger partial charge in [0.2, 0.25) is 0 Å². The van der Waals surface area contributed by atoms with Gasteiger partial charge in [-0.3, -0.25) is 0 Å². The van der Waals surface area contributed by atoms with E-state index in [2.05, 4.69) is 24.3 Å². The molecule has 0 spiro atoms. The quantitative estimate of drug-likeness (QED) is 0.676. The standard InChI is InChI=1S/C14H20O2/c1-15-7-13-11-5-6-12(14(13)8-16-2)10-4-3-9(10)11/h3-6,9-14H,7-8H2,1-2H3. The van der Waals surface area contributed by atoms with Crippen molar-refractivity contribution in [1.29, 1.82) is 0 Å². The van der Waals surface area contributed by atoms with Gasteiger partial charge in [0.1, 0.15) is 0 Å². The average Bonchev–Trinajstić information content (AvgIpc) is 2.23. The molecule has 2 bridgehead atoms. The SMILES string of the molecule is COCC1C2C=CC(C3C=CC32)C1COC. The molecule has 0 aromatic rings. The Bertz CT molecular complexity index is 291. The van der Waals surface area contributed by atoms with E-state index in [0.717, 1.165) is 25.0 Å². The van der Waals surface area contributed by atoms with E-state index in [4.69, 9.17) is 9.47 Å². The molecule has 0 saturated heterocycles. The van der Waals surface area contributed by atoms with Crippen LogP contribution in [0.5, 0.6) is 0 Å². The summed E-state index contributed by atoms with van der Waals surface area (Å²) in [7, 11) is 3.62. The van der Waals surface area contributed by atoms with Crippen LogP contribution in [0.15, 0.2) is 24.3 Å². The van der Waals surface area contributed by atoms with Crippen molar-refractivity contribution in [3.63, 3.8) is 0 Å². The third-order valence-electron chi connectivity index (χ3n) is 4.70. The van der Waals surface area contributed by atoms with Crippen molar-refractivity contribution in [1.82, 2.24) is 0 Å². The maximum absolute atomic E-state index is 5.40. The van der Waals surface area contributed by atoms with Crippen LogP contribution < -0.4 is 0 Å². The monoisotopic (exact) mass is 220 g/mol. The molecule has 1 fully saturated rings. The minimum atomic E-state index is 0.645. The number of hydrogen-bond donors (Lipinski definition) is 0. The van der Waals surface area contributed by atoms with Gasteiger partial charge in [-0.1, -0.05) is 24.3 Å². The summed E-state index contributed by atoms with van der Waals surface area (Å²) >= 11 is 0.